The summed E-state index contributed by atoms with van der Waals surface area (Å²) < 4.78 is 60.1. The van der Waals surface area contributed by atoms with Gasteiger partial charge in [0.25, 0.3) is 0 Å². The summed E-state index contributed by atoms with van der Waals surface area (Å²) in [6.07, 6.45) is 1.79. The van der Waals surface area contributed by atoms with Crippen LogP contribution < -0.4 is 4.40 Å². The molecule has 6 aromatic carbocycles. The second-order valence-corrected chi connectivity index (χ2v) is 27.9. The number of hydrogen-bond donors (Lipinski definition) is 0. The Morgan fingerprint density at radius 1 is 0.726 bits per heavy atom. The molecule has 9 heteroatoms. The van der Waals surface area contributed by atoms with E-state index >= 15 is 0 Å². The fraction of sp³-hybridized carbons (Fsp3) is 0.189. The average Bonchev–Trinajstić information content (AvgIpc) is 3.81. The first-order chi connectivity index (χ1) is 30.5. The van der Waals surface area contributed by atoms with E-state index in [9.17, 15) is 8.78 Å². The summed E-state index contributed by atoms with van der Waals surface area (Å²) in [4.78, 5) is 14.4. The van der Waals surface area contributed by atoms with E-state index < -0.39 is 25.9 Å². The molecule has 0 unspecified atom stereocenters. The Balaban J connectivity index is 0.000000222. The molecular weight excluding hydrogens is 1010 g/mol. The zero-order valence-electron chi connectivity index (χ0n) is 38.5. The van der Waals surface area contributed by atoms with Crippen molar-refractivity contribution >= 4 is 72.4 Å². The molecule has 0 aliphatic heterocycles. The predicted octanol–water partition coefficient (Wildman–Crippen LogP) is 14.0. The number of para-hydroxylation sites is 1. The largest absolute Gasteiger partial charge is 0 e. The van der Waals surface area contributed by atoms with Gasteiger partial charge in [0.05, 0.1) is 28.0 Å². The quantitative estimate of drug-likeness (QED) is 0.123. The van der Waals surface area contributed by atoms with Gasteiger partial charge in [0, 0.05) is 36.6 Å². The Hall–Kier alpha value is -5.54. The number of halogens is 2. The molecule has 5 nitrogen and oxygen atoms in total. The van der Waals surface area contributed by atoms with E-state index in [1.807, 2.05) is 24.3 Å². The summed E-state index contributed by atoms with van der Waals surface area (Å²) in [7, 11) is 0. The standard InChI is InChI=1S/C38H29FN3O.C15H17FGeN.Ir/c1-21(2)27-11-7-12-28(22(3)4)35(27)42-34-20-24-10-6-5-9-23(24)19-33(34)40-37(42)30-14-8-13-29-31-18-25-17-26(39)15-16-32(25)41-38(31)43-36(29)30;1-11-5-7-13(14(16)9-11)15-8-6-12(10-18-15)17(2,3)4;/h5-13,15-22H,1-4H3;5-6,8-10H,1-4H3;/q2*-1;/i;1D3;. The van der Waals surface area contributed by atoms with Gasteiger partial charge in [0.2, 0.25) is 5.71 Å². The number of pyridine rings is 2. The van der Waals surface area contributed by atoms with Gasteiger partial charge in [-0.2, -0.15) is 0 Å². The first kappa shape index (κ1) is 39.3. The molecule has 0 aliphatic rings. The van der Waals surface area contributed by atoms with Gasteiger partial charge in [0.1, 0.15) is 5.82 Å². The van der Waals surface area contributed by atoms with Gasteiger partial charge in [-0.05, 0) is 70.1 Å². The van der Waals surface area contributed by atoms with Gasteiger partial charge < -0.3 is 8.98 Å². The van der Waals surface area contributed by atoms with Gasteiger partial charge in [0.15, 0.2) is 0 Å². The molecule has 0 N–H and O–H groups in total. The zero-order chi connectivity index (χ0) is 45.2. The summed E-state index contributed by atoms with van der Waals surface area (Å²) in [6.45, 7) is 6.63. The third kappa shape index (κ3) is 8.00. The van der Waals surface area contributed by atoms with Crippen LogP contribution in [0.1, 0.15) is 60.3 Å². The molecule has 313 valence electrons. The Morgan fingerprint density at radius 3 is 2.13 bits per heavy atom. The maximum Gasteiger partial charge on any atom is 0 e. The number of nitrogens with zero attached hydrogens (tertiary/aromatic N) is 4. The van der Waals surface area contributed by atoms with E-state index in [-0.39, 0.29) is 37.0 Å². The van der Waals surface area contributed by atoms with E-state index in [1.54, 1.807) is 18.3 Å². The SMILES string of the molecule is CC(C)c1cccc(C(C)C)c1-n1c(-c2[c-]ccc3c2oc2nc4ccc(F)cc4cc23)nc2cc3ccccc3cc21.[2H]C([2H])([2H])c1c[c-]c(-c2cc[c]([Ge]([CH3])([CH3])[CH3])cn2)c(F)c1.[Ir]. The summed E-state index contributed by atoms with van der Waals surface area (Å²) in [5.74, 6) is 7.23. The number of benzene rings is 6. The number of imidazole rings is 1. The minimum absolute atomic E-state index is 0. The van der Waals surface area contributed by atoms with E-state index in [4.69, 9.17) is 18.5 Å². The van der Waals surface area contributed by atoms with Crippen LogP contribution in [0.3, 0.4) is 0 Å². The summed E-state index contributed by atoms with van der Waals surface area (Å²) >= 11 is -1.94. The molecule has 0 spiro atoms. The molecule has 0 fully saturated rings. The Bertz CT molecular complexity index is 3390. The fourth-order valence-corrected chi connectivity index (χ4v) is 10.2. The van der Waals surface area contributed by atoms with Crippen molar-refractivity contribution < 1.29 is 37.4 Å². The monoisotopic (exact) mass is 1060 g/mol. The molecule has 0 amide bonds. The molecule has 4 aromatic heterocycles. The van der Waals surface area contributed by atoms with Crippen molar-refractivity contribution in [1.82, 2.24) is 19.5 Å². The summed E-state index contributed by atoms with van der Waals surface area (Å²) in [5.41, 5.74) is 8.85. The molecule has 0 saturated carbocycles. The van der Waals surface area contributed by atoms with Gasteiger partial charge in [-0.25, -0.2) is 9.37 Å². The Morgan fingerprint density at radius 2 is 1.47 bits per heavy atom. The van der Waals surface area contributed by atoms with Crippen molar-refractivity contribution in [1.29, 1.82) is 0 Å². The second-order valence-electron chi connectivity index (χ2n) is 17.2. The average molecular weight is 1060 g/mol. The van der Waals surface area contributed by atoms with Gasteiger partial charge >= 0.3 is 114 Å². The first-order valence-electron chi connectivity index (χ1n) is 22.0. The molecule has 62 heavy (non-hydrogen) atoms. The predicted molar refractivity (Wildman–Crippen MR) is 250 cm³/mol. The molecule has 0 atom stereocenters. The van der Waals surface area contributed by atoms with Crippen LogP contribution in [-0.4, -0.2) is 32.8 Å². The van der Waals surface area contributed by atoms with Crippen LogP contribution in [0, 0.1) is 30.6 Å². The number of aromatic nitrogens is 4. The zero-order valence-corrected chi connectivity index (χ0v) is 40.0. The second kappa shape index (κ2) is 17.0. The van der Waals surface area contributed by atoms with Crippen LogP contribution in [0.4, 0.5) is 8.78 Å². The molecule has 10 rings (SSSR count). The van der Waals surface area contributed by atoms with Crippen molar-refractivity contribution in [2.75, 3.05) is 0 Å². The van der Waals surface area contributed by atoms with Crippen LogP contribution in [0.25, 0.3) is 83.1 Å². The third-order valence-electron chi connectivity index (χ3n) is 11.3. The van der Waals surface area contributed by atoms with Crippen LogP contribution in [0.5, 0.6) is 0 Å². The number of rotatable bonds is 6. The van der Waals surface area contributed by atoms with Crippen LogP contribution >= 0.6 is 0 Å². The maximum absolute atomic E-state index is 14.1. The van der Waals surface area contributed by atoms with Crippen LogP contribution in [0.15, 0.2) is 126 Å². The number of aryl methyl sites for hydroxylation is 1. The molecule has 1 radical (unpaired) electrons. The number of fused-ring (bicyclic) bond motifs is 6. The van der Waals surface area contributed by atoms with E-state index in [0.717, 1.165) is 61.1 Å². The molecule has 0 bridgehead atoms. The van der Waals surface area contributed by atoms with Crippen LogP contribution in [0.2, 0.25) is 17.3 Å². The van der Waals surface area contributed by atoms with E-state index in [1.165, 1.54) is 33.7 Å². The summed E-state index contributed by atoms with van der Waals surface area (Å²) in [5, 5.41) is 4.76. The van der Waals surface area contributed by atoms with Crippen LogP contribution in [-0.2, 0) is 20.1 Å². The number of furan rings is 1. The van der Waals surface area contributed by atoms with E-state index in [2.05, 4.69) is 121 Å². The minimum Gasteiger partial charge on any atom is 0 e. The van der Waals surface area contributed by atoms with Gasteiger partial charge in [-0.3, -0.25) is 4.98 Å². The Labute approximate surface area is 381 Å². The van der Waals surface area contributed by atoms with Gasteiger partial charge in [-0.15, -0.1) is 18.2 Å². The van der Waals surface area contributed by atoms with Gasteiger partial charge in [-0.1, -0.05) is 81.1 Å². The minimum atomic E-state index is -2.33. The fourth-order valence-electron chi connectivity index (χ4n) is 8.04. The van der Waals surface area contributed by atoms with Crippen molar-refractivity contribution in [3.8, 4) is 28.3 Å². The molecule has 4 heterocycles. The number of hydrogen-bond acceptors (Lipinski definition) is 4. The molecule has 0 saturated heterocycles. The maximum atomic E-state index is 14.1. The Kier molecular flexibility index (Phi) is 10.8. The van der Waals surface area contributed by atoms with E-state index in [0.29, 0.717) is 34.3 Å². The van der Waals surface area contributed by atoms with Crippen molar-refractivity contribution in [2.24, 2.45) is 0 Å². The van der Waals surface area contributed by atoms with Crippen molar-refractivity contribution in [3.63, 3.8) is 0 Å². The van der Waals surface area contributed by atoms with Crippen molar-refractivity contribution in [2.45, 2.75) is 63.7 Å². The third-order valence-corrected chi connectivity index (χ3v) is 15.5. The smallest absolute Gasteiger partial charge is 0 e. The molecule has 10 aromatic rings. The normalized spacial score (nSPS) is 12.8. The first-order valence-corrected chi connectivity index (χ1v) is 27.9. The topological polar surface area (TPSA) is 56.7 Å². The van der Waals surface area contributed by atoms with Crippen molar-refractivity contribution in [3.05, 3.63) is 162 Å². The summed E-state index contributed by atoms with van der Waals surface area (Å²) in [6, 6.07) is 42.2. The molecule has 0 aliphatic carbocycles. The molecular formula is C53H46F2GeIrN4O-2.